The molecule has 2 heterocycles. The number of rotatable bonds is 8. The number of aromatic nitrogens is 2. The number of aryl methyl sites for hydroxylation is 2. The highest BCUT2D eigenvalue weighted by molar-refractivity contribution is 6.03. The van der Waals surface area contributed by atoms with Gasteiger partial charge in [0.1, 0.15) is 5.69 Å². The van der Waals surface area contributed by atoms with E-state index in [1.54, 1.807) is 65.0 Å². The van der Waals surface area contributed by atoms with Gasteiger partial charge in [-0.25, -0.2) is 9.59 Å². The van der Waals surface area contributed by atoms with Crippen LogP contribution in [-0.4, -0.2) is 46.5 Å². The van der Waals surface area contributed by atoms with Gasteiger partial charge < -0.3 is 14.5 Å². The van der Waals surface area contributed by atoms with E-state index in [1.165, 1.54) is 4.68 Å². The van der Waals surface area contributed by atoms with Crippen LogP contribution >= 0.6 is 0 Å². The molecule has 3 rings (SSSR count). The summed E-state index contributed by atoms with van der Waals surface area (Å²) in [7, 11) is 0. The summed E-state index contributed by atoms with van der Waals surface area (Å²) in [6.07, 6.45) is 0. The summed E-state index contributed by atoms with van der Waals surface area (Å²) >= 11 is 0. The third-order valence-corrected chi connectivity index (χ3v) is 5.44. The van der Waals surface area contributed by atoms with Crippen LogP contribution in [0.4, 0.5) is 0 Å². The third kappa shape index (κ3) is 4.93. The average molecular weight is 466 g/mol. The van der Waals surface area contributed by atoms with E-state index < -0.39 is 24.3 Å². The summed E-state index contributed by atoms with van der Waals surface area (Å²) in [5, 5.41) is 0. The molecule has 0 aliphatic heterocycles. The second-order valence-corrected chi connectivity index (χ2v) is 7.77. The fraction of sp³-hybridized carbons (Fsp3) is 0.280. The summed E-state index contributed by atoms with van der Waals surface area (Å²) in [5.41, 5.74) is 5.98. The normalized spacial score (nSPS) is 10.6. The fourth-order valence-corrected chi connectivity index (χ4v) is 3.72. The number of hydrogen-bond donors (Lipinski definition) is 2. The zero-order valence-electron chi connectivity index (χ0n) is 19.8. The molecule has 0 radical (unpaired) electrons. The average Bonchev–Trinajstić information content (AvgIpc) is 3.27. The van der Waals surface area contributed by atoms with Crippen molar-refractivity contribution < 1.29 is 28.7 Å². The van der Waals surface area contributed by atoms with Gasteiger partial charge in [-0.3, -0.25) is 19.7 Å². The molecule has 0 spiro atoms. The summed E-state index contributed by atoms with van der Waals surface area (Å²) in [5.74, 6) is -2.03. The molecule has 9 nitrogen and oxygen atoms in total. The largest absolute Gasteiger partial charge is 0.462 e. The number of benzene rings is 1. The molecule has 3 aromatic rings. The lowest BCUT2D eigenvalue weighted by Crippen LogP contribution is -2.25. The second kappa shape index (κ2) is 10.2. The standard InChI is InChI=1S/C25H27N3O6/c1-6-33-24(31)21-15(3)22(26-16(21)4)25(32)34-13-20(29)19-12-14(2)28(17(19)5)27-23(30)18-10-8-7-9-11-18/h7-12,26H,6,13H2,1-5H3,(H,27,30). The molecule has 9 heteroatoms. The van der Waals surface area contributed by atoms with E-state index in [4.69, 9.17) is 9.47 Å². The molecule has 0 bridgehead atoms. The minimum atomic E-state index is -0.754. The lowest BCUT2D eigenvalue weighted by atomic mass is 10.1. The van der Waals surface area contributed by atoms with Crippen LogP contribution in [0.5, 0.6) is 0 Å². The Morgan fingerprint density at radius 1 is 0.971 bits per heavy atom. The molecule has 34 heavy (non-hydrogen) atoms. The smallest absolute Gasteiger partial charge is 0.355 e. The van der Waals surface area contributed by atoms with Gasteiger partial charge in [-0.2, -0.15) is 0 Å². The number of nitrogens with zero attached hydrogens (tertiary/aromatic N) is 1. The molecule has 0 saturated carbocycles. The highest BCUT2D eigenvalue weighted by atomic mass is 16.5. The fourth-order valence-electron chi connectivity index (χ4n) is 3.72. The van der Waals surface area contributed by atoms with Crippen LogP contribution < -0.4 is 5.43 Å². The number of carbonyl (C=O) groups excluding carboxylic acids is 4. The Kier molecular flexibility index (Phi) is 7.35. The minimum absolute atomic E-state index is 0.0916. The lowest BCUT2D eigenvalue weighted by molar-refractivity contribution is 0.0468. The Balaban J connectivity index is 1.71. The van der Waals surface area contributed by atoms with Crippen LogP contribution in [0.15, 0.2) is 36.4 Å². The predicted molar refractivity (Wildman–Crippen MR) is 125 cm³/mol. The van der Waals surface area contributed by atoms with Crippen LogP contribution in [0, 0.1) is 27.7 Å². The van der Waals surface area contributed by atoms with E-state index in [9.17, 15) is 19.2 Å². The van der Waals surface area contributed by atoms with Gasteiger partial charge in [-0.15, -0.1) is 0 Å². The van der Waals surface area contributed by atoms with Crippen LogP contribution in [0.1, 0.15) is 71.1 Å². The van der Waals surface area contributed by atoms with Crippen molar-refractivity contribution in [2.75, 3.05) is 18.6 Å². The van der Waals surface area contributed by atoms with E-state index in [0.29, 0.717) is 33.8 Å². The molecule has 0 unspecified atom stereocenters. The molecule has 2 aromatic heterocycles. The molecule has 2 N–H and O–H groups in total. The zero-order chi connectivity index (χ0) is 25.0. The number of nitrogens with one attached hydrogen (secondary N) is 2. The molecule has 1 amide bonds. The number of carbonyl (C=O) groups is 4. The molecule has 1 aromatic carbocycles. The molecule has 0 fully saturated rings. The Morgan fingerprint density at radius 2 is 1.65 bits per heavy atom. The third-order valence-electron chi connectivity index (χ3n) is 5.44. The molecule has 0 aliphatic rings. The topological polar surface area (TPSA) is 119 Å². The van der Waals surface area contributed by atoms with E-state index in [2.05, 4.69) is 10.4 Å². The van der Waals surface area contributed by atoms with E-state index in [-0.39, 0.29) is 23.8 Å². The van der Waals surface area contributed by atoms with Crippen LogP contribution in [0.2, 0.25) is 0 Å². The number of hydrogen-bond acceptors (Lipinski definition) is 6. The van der Waals surface area contributed by atoms with E-state index >= 15 is 0 Å². The Labute approximate surface area is 197 Å². The Morgan fingerprint density at radius 3 is 2.29 bits per heavy atom. The summed E-state index contributed by atoms with van der Waals surface area (Å²) in [6, 6.07) is 10.3. The van der Waals surface area contributed by atoms with Gasteiger partial charge in [0.2, 0.25) is 5.78 Å². The molecule has 0 aliphatic carbocycles. The van der Waals surface area contributed by atoms with Gasteiger partial charge >= 0.3 is 11.9 Å². The first kappa shape index (κ1) is 24.5. The quantitative estimate of drug-likeness (QED) is 0.387. The number of ether oxygens (including phenoxy) is 2. The maximum atomic E-state index is 12.8. The number of aromatic amines is 1. The minimum Gasteiger partial charge on any atom is -0.462 e. The van der Waals surface area contributed by atoms with Crippen molar-refractivity contribution in [2.24, 2.45) is 0 Å². The van der Waals surface area contributed by atoms with Crippen molar-refractivity contribution in [3.63, 3.8) is 0 Å². The van der Waals surface area contributed by atoms with Gasteiger partial charge in [-0.05, 0) is 58.4 Å². The van der Waals surface area contributed by atoms with Gasteiger partial charge in [0.25, 0.3) is 5.91 Å². The second-order valence-electron chi connectivity index (χ2n) is 7.77. The lowest BCUT2D eigenvalue weighted by Gasteiger charge is -2.11. The maximum Gasteiger partial charge on any atom is 0.355 e. The highest BCUT2D eigenvalue weighted by Crippen LogP contribution is 2.20. The first-order valence-corrected chi connectivity index (χ1v) is 10.8. The number of esters is 2. The van der Waals surface area contributed by atoms with Gasteiger partial charge in [0, 0.05) is 28.2 Å². The molecule has 0 saturated heterocycles. The summed E-state index contributed by atoms with van der Waals surface area (Å²) < 4.78 is 11.8. The van der Waals surface area contributed by atoms with Gasteiger partial charge in [0.05, 0.1) is 12.2 Å². The number of H-pyrrole nitrogens is 1. The predicted octanol–water partition coefficient (Wildman–Crippen LogP) is 3.65. The number of Topliss-reactive ketones (excluding diaryl/α,β-unsaturated/α-hetero) is 1. The first-order chi connectivity index (χ1) is 16.1. The zero-order valence-corrected chi connectivity index (χ0v) is 19.8. The van der Waals surface area contributed by atoms with Crippen molar-refractivity contribution in [3.8, 4) is 0 Å². The first-order valence-electron chi connectivity index (χ1n) is 10.8. The van der Waals surface area contributed by atoms with Crippen LogP contribution in [0.3, 0.4) is 0 Å². The molecular weight excluding hydrogens is 438 g/mol. The maximum absolute atomic E-state index is 12.8. The SMILES string of the molecule is CCOC(=O)c1c(C)[nH]c(C(=O)OCC(=O)c2cc(C)n(NC(=O)c3ccccc3)c2C)c1C. The van der Waals surface area contributed by atoms with E-state index in [0.717, 1.165) is 0 Å². The van der Waals surface area contributed by atoms with Crippen LogP contribution in [0.25, 0.3) is 0 Å². The number of amides is 1. The molecular formula is C25H27N3O6. The summed E-state index contributed by atoms with van der Waals surface area (Å²) in [6.45, 7) is 8.11. The molecule has 178 valence electrons. The van der Waals surface area contributed by atoms with Crippen molar-refractivity contribution >= 4 is 23.6 Å². The number of ketones is 1. The monoisotopic (exact) mass is 465 g/mol. The van der Waals surface area contributed by atoms with Crippen molar-refractivity contribution in [1.82, 2.24) is 9.66 Å². The Hall–Kier alpha value is -4.14. The van der Waals surface area contributed by atoms with Crippen LogP contribution in [-0.2, 0) is 9.47 Å². The highest BCUT2D eigenvalue weighted by Gasteiger charge is 2.25. The van der Waals surface area contributed by atoms with Crippen molar-refractivity contribution in [1.29, 1.82) is 0 Å². The molecule has 0 atom stereocenters. The summed E-state index contributed by atoms with van der Waals surface area (Å²) in [4.78, 5) is 52.8. The van der Waals surface area contributed by atoms with Gasteiger partial charge in [0.15, 0.2) is 6.61 Å². The Bertz CT molecular complexity index is 1250. The van der Waals surface area contributed by atoms with E-state index in [1.807, 2.05) is 6.07 Å². The van der Waals surface area contributed by atoms with Gasteiger partial charge in [-0.1, -0.05) is 18.2 Å². The van der Waals surface area contributed by atoms with Crippen molar-refractivity contribution in [2.45, 2.75) is 34.6 Å². The van der Waals surface area contributed by atoms with Crippen molar-refractivity contribution in [3.05, 3.63) is 81.4 Å².